The molecule has 0 spiro atoms. The van der Waals surface area contributed by atoms with Gasteiger partial charge >= 0.3 is 12.0 Å². The van der Waals surface area contributed by atoms with E-state index in [1.807, 2.05) is 18.2 Å². The fourth-order valence-electron chi connectivity index (χ4n) is 3.20. The molecule has 0 aromatic heterocycles. The molecule has 2 N–H and O–H groups in total. The molecule has 2 aromatic carbocycles. The summed E-state index contributed by atoms with van der Waals surface area (Å²) in [6.45, 7) is 1.17. The van der Waals surface area contributed by atoms with Gasteiger partial charge in [-0.3, -0.25) is 4.79 Å². The van der Waals surface area contributed by atoms with Gasteiger partial charge in [-0.25, -0.2) is 9.59 Å². The lowest BCUT2D eigenvalue weighted by molar-refractivity contribution is -0.144. The van der Waals surface area contributed by atoms with Gasteiger partial charge in [0.15, 0.2) is 12.4 Å². The maximum absolute atomic E-state index is 12.3. The number of hydrogen-bond donors (Lipinski definition) is 2. The Bertz CT molecular complexity index is 864. The van der Waals surface area contributed by atoms with Crippen molar-refractivity contribution in [3.8, 4) is 0 Å². The van der Waals surface area contributed by atoms with E-state index in [1.54, 1.807) is 30.3 Å². The highest BCUT2D eigenvalue weighted by Gasteiger charge is 2.19. The Kier molecular flexibility index (Phi) is 6.42. The summed E-state index contributed by atoms with van der Waals surface area (Å²) in [5, 5.41) is 5.12. The quantitative estimate of drug-likeness (QED) is 0.593. The van der Waals surface area contributed by atoms with Gasteiger partial charge in [-0.1, -0.05) is 30.3 Å². The Balaban J connectivity index is 1.47. The molecule has 0 aliphatic heterocycles. The maximum atomic E-state index is 12.3. The fourth-order valence-corrected chi connectivity index (χ4v) is 3.20. The van der Waals surface area contributed by atoms with Crippen molar-refractivity contribution in [3.63, 3.8) is 0 Å². The average molecular weight is 380 g/mol. The van der Waals surface area contributed by atoms with Crippen LogP contribution in [-0.4, -0.2) is 30.4 Å². The largest absolute Gasteiger partial charge is 0.456 e. The van der Waals surface area contributed by atoms with E-state index in [2.05, 4.69) is 10.6 Å². The molecule has 146 valence electrons. The minimum absolute atomic E-state index is 0.248. The van der Waals surface area contributed by atoms with Crippen LogP contribution in [0.25, 0.3) is 0 Å². The van der Waals surface area contributed by atoms with E-state index >= 15 is 0 Å². The van der Waals surface area contributed by atoms with Crippen LogP contribution in [-0.2, 0) is 22.4 Å². The molecular formula is C22H24N2O4. The molecule has 0 saturated carbocycles. The minimum Gasteiger partial charge on any atom is -0.456 e. The van der Waals surface area contributed by atoms with E-state index in [0.717, 1.165) is 19.3 Å². The lowest BCUT2D eigenvalue weighted by Crippen LogP contribution is -2.42. The first-order valence-electron chi connectivity index (χ1n) is 9.47. The number of carbonyl (C=O) groups excluding carboxylic acids is 3. The number of carbonyl (C=O) groups is 3. The number of urea groups is 1. The molecule has 0 heterocycles. The number of nitrogens with one attached hydrogen (secondary N) is 2. The number of esters is 1. The van der Waals surface area contributed by atoms with Crippen LogP contribution in [0.3, 0.4) is 0 Å². The van der Waals surface area contributed by atoms with Crippen molar-refractivity contribution in [1.29, 1.82) is 0 Å². The summed E-state index contributed by atoms with van der Waals surface area (Å²) in [6, 6.07) is 13.2. The second-order valence-electron chi connectivity index (χ2n) is 6.91. The van der Waals surface area contributed by atoms with E-state index in [0.29, 0.717) is 11.3 Å². The van der Waals surface area contributed by atoms with Crippen molar-refractivity contribution in [3.05, 3.63) is 65.2 Å². The van der Waals surface area contributed by atoms with Gasteiger partial charge in [-0.05, 0) is 61.9 Å². The van der Waals surface area contributed by atoms with Crippen molar-refractivity contribution in [2.24, 2.45) is 0 Å². The number of anilines is 1. The van der Waals surface area contributed by atoms with Crippen LogP contribution >= 0.6 is 0 Å². The fraction of sp³-hybridized carbons (Fsp3) is 0.318. The monoisotopic (exact) mass is 380 g/mol. The zero-order chi connectivity index (χ0) is 19.9. The summed E-state index contributed by atoms with van der Waals surface area (Å²) in [5.74, 6) is -0.905. The highest BCUT2D eigenvalue weighted by molar-refractivity contribution is 5.98. The van der Waals surface area contributed by atoms with Gasteiger partial charge in [0.05, 0.1) is 0 Å². The highest BCUT2D eigenvalue weighted by Crippen LogP contribution is 2.22. The van der Waals surface area contributed by atoms with Crippen molar-refractivity contribution >= 4 is 23.5 Å². The molecule has 2 aromatic rings. The first kappa shape index (κ1) is 19.6. The van der Waals surface area contributed by atoms with Crippen LogP contribution in [0.1, 0.15) is 41.3 Å². The van der Waals surface area contributed by atoms with Gasteiger partial charge in [0.25, 0.3) is 0 Å². The van der Waals surface area contributed by atoms with E-state index in [4.69, 9.17) is 4.74 Å². The Morgan fingerprint density at radius 1 is 1.00 bits per heavy atom. The third-order valence-corrected chi connectivity index (χ3v) is 4.75. The van der Waals surface area contributed by atoms with E-state index < -0.39 is 18.0 Å². The van der Waals surface area contributed by atoms with Crippen LogP contribution < -0.4 is 10.6 Å². The molecule has 6 heteroatoms. The lowest BCUT2D eigenvalue weighted by atomic mass is 9.90. The normalized spacial score (nSPS) is 13.8. The summed E-state index contributed by atoms with van der Waals surface area (Å²) in [6.07, 6.45) is 4.34. The second-order valence-corrected chi connectivity index (χ2v) is 6.91. The lowest BCUT2D eigenvalue weighted by Gasteiger charge is -2.16. The van der Waals surface area contributed by atoms with E-state index in [9.17, 15) is 14.4 Å². The number of rotatable bonds is 6. The first-order valence-corrected chi connectivity index (χ1v) is 9.47. The molecule has 1 aliphatic rings. The first-order chi connectivity index (χ1) is 13.5. The highest BCUT2D eigenvalue weighted by atomic mass is 16.5. The van der Waals surface area contributed by atoms with Crippen LogP contribution in [0.5, 0.6) is 0 Å². The SMILES string of the molecule is C[C@H](NC(=O)Nc1ccccc1)C(=O)OCC(=O)c1ccc2c(c1)CCCC2. The molecule has 2 amide bonds. The Labute approximate surface area is 164 Å². The van der Waals surface area contributed by atoms with Crippen LogP contribution in [0.15, 0.2) is 48.5 Å². The average Bonchev–Trinajstić information content (AvgIpc) is 2.71. The van der Waals surface area contributed by atoms with Crippen molar-refractivity contribution in [2.75, 3.05) is 11.9 Å². The predicted octanol–water partition coefficient (Wildman–Crippen LogP) is 3.50. The van der Waals surface area contributed by atoms with Crippen molar-refractivity contribution in [1.82, 2.24) is 5.32 Å². The summed E-state index contributed by atoms with van der Waals surface area (Å²) >= 11 is 0. The van der Waals surface area contributed by atoms with Gasteiger partial charge in [0.2, 0.25) is 0 Å². The molecule has 28 heavy (non-hydrogen) atoms. The number of fused-ring (bicyclic) bond motifs is 1. The number of aryl methyl sites for hydroxylation is 2. The number of benzene rings is 2. The molecule has 0 radical (unpaired) electrons. The zero-order valence-corrected chi connectivity index (χ0v) is 15.9. The Morgan fingerprint density at radius 3 is 2.46 bits per heavy atom. The molecule has 0 saturated heterocycles. The molecule has 1 aliphatic carbocycles. The smallest absolute Gasteiger partial charge is 0.328 e. The third kappa shape index (κ3) is 5.19. The number of para-hydroxylation sites is 1. The van der Waals surface area contributed by atoms with Crippen LogP contribution in [0.4, 0.5) is 10.5 Å². The molecule has 3 rings (SSSR count). The summed E-state index contributed by atoms with van der Waals surface area (Å²) in [5.41, 5.74) is 3.66. The van der Waals surface area contributed by atoms with E-state index in [-0.39, 0.29) is 12.4 Å². The topological polar surface area (TPSA) is 84.5 Å². The predicted molar refractivity (Wildman–Crippen MR) is 106 cm³/mol. The van der Waals surface area contributed by atoms with Crippen LogP contribution in [0.2, 0.25) is 0 Å². The molecule has 6 nitrogen and oxygen atoms in total. The Morgan fingerprint density at radius 2 is 1.71 bits per heavy atom. The van der Waals surface area contributed by atoms with Crippen LogP contribution in [0, 0.1) is 0 Å². The van der Waals surface area contributed by atoms with E-state index in [1.165, 1.54) is 24.5 Å². The maximum Gasteiger partial charge on any atom is 0.328 e. The van der Waals surface area contributed by atoms with Crippen molar-refractivity contribution in [2.45, 2.75) is 38.6 Å². The summed E-state index contributed by atoms with van der Waals surface area (Å²) < 4.78 is 5.08. The molecule has 1 atom stereocenters. The summed E-state index contributed by atoms with van der Waals surface area (Å²) in [7, 11) is 0. The molecule has 0 bridgehead atoms. The second kappa shape index (κ2) is 9.17. The Hall–Kier alpha value is -3.15. The summed E-state index contributed by atoms with van der Waals surface area (Å²) in [4.78, 5) is 36.4. The van der Waals surface area contributed by atoms with Crippen molar-refractivity contribution < 1.29 is 19.1 Å². The number of ketones is 1. The van der Waals surface area contributed by atoms with Gasteiger partial charge in [-0.15, -0.1) is 0 Å². The standard InChI is InChI=1S/C22H24N2O4/c1-15(23-22(27)24-19-9-3-2-4-10-19)21(26)28-14-20(25)18-12-11-16-7-5-6-8-17(16)13-18/h2-4,9-13,15H,5-8,14H2,1H3,(H2,23,24,27)/t15-/m0/s1. The van der Waals surface area contributed by atoms with Gasteiger partial charge in [0.1, 0.15) is 6.04 Å². The molecule has 0 fully saturated rings. The zero-order valence-electron chi connectivity index (χ0n) is 15.9. The minimum atomic E-state index is -0.875. The van der Waals surface area contributed by atoms with Gasteiger partial charge < -0.3 is 15.4 Å². The number of amides is 2. The molecular weight excluding hydrogens is 356 g/mol. The van der Waals surface area contributed by atoms with Gasteiger partial charge in [-0.2, -0.15) is 0 Å². The number of hydrogen-bond acceptors (Lipinski definition) is 4. The number of Topliss-reactive ketones (excluding diaryl/α,β-unsaturated/α-hetero) is 1. The third-order valence-electron chi connectivity index (χ3n) is 4.75. The molecule has 0 unspecified atom stereocenters. The number of ether oxygens (including phenoxy) is 1. The van der Waals surface area contributed by atoms with Gasteiger partial charge in [0, 0.05) is 11.3 Å².